The monoisotopic (exact) mass is 366 g/mol. The highest BCUT2D eigenvalue weighted by atomic mass is 19.1. The Hall–Kier alpha value is -2.20. The van der Waals surface area contributed by atoms with Gasteiger partial charge in [0, 0.05) is 17.5 Å². The molecular formula is C23H27FN2O. The molecule has 0 unspecified atom stereocenters. The number of allylic oxidation sites excluding steroid dienone is 1. The van der Waals surface area contributed by atoms with E-state index in [1.165, 1.54) is 17.7 Å². The van der Waals surface area contributed by atoms with Crippen molar-refractivity contribution in [3.8, 4) is 11.3 Å². The van der Waals surface area contributed by atoms with Gasteiger partial charge < -0.3 is 9.67 Å². The van der Waals surface area contributed by atoms with E-state index < -0.39 is 5.60 Å². The maximum atomic E-state index is 13.3. The first-order valence-corrected chi connectivity index (χ1v) is 9.70. The molecule has 1 saturated carbocycles. The minimum Gasteiger partial charge on any atom is -0.390 e. The number of aliphatic hydroxyl groups is 1. The number of imidazole rings is 1. The van der Waals surface area contributed by atoms with Crippen LogP contribution in [0.4, 0.5) is 4.39 Å². The van der Waals surface area contributed by atoms with Gasteiger partial charge in [-0.25, -0.2) is 9.37 Å². The van der Waals surface area contributed by atoms with Crippen LogP contribution >= 0.6 is 0 Å². The van der Waals surface area contributed by atoms with Crippen LogP contribution in [0.5, 0.6) is 0 Å². The average molecular weight is 366 g/mol. The Morgan fingerprint density at radius 3 is 2.85 bits per heavy atom. The zero-order chi connectivity index (χ0) is 19.2. The van der Waals surface area contributed by atoms with Crippen LogP contribution in [-0.4, -0.2) is 20.3 Å². The van der Waals surface area contributed by atoms with Crippen LogP contribution in [0.15, 0.2) is 48.8 Å². The molecule has 142 valence electrons. The van der Waals surface area contributed by atoms with Gasteiger partial charge in [0.05, 0.1) is 23.3 Å². The highest BCUT2D eigenvalue weighted by molar-refractivity contribution is 5.72. The number of rotatable bonds is 4. The van der Waals surface area contributed by atoms with E-state index in [9.17, 15) is 9.50 Å². The van der Waals surface area contributed by atoms with Gasteiger partial charge in [-0.3, -0.25) is 0 Å². The van der Waals surface area contributed by atoms with Gasteiger partial charge in [-0.2, -0.15) is 0 Å². The third-order valence-electron chi connectivity index (χ3n) is 6.56. The Labute approximate surface area is 160 Å². The van der Waals surface area contributed by atoms with E-state index in [1.54, 1.807) is 12.1 Å². The Morgan fingerprint density at radius 1 is 1.41 bits per heavy atom. The standard InChI is InChI=1S/C23H27FN2O/c1-4-12-23(3,27)20-7-5-6-17-13-19-21(16-8-10-18(24)11-9-16)25-15-26(19)14-22(17,20)2/h4,8-11,13,15,20,27H,1,5-7,12,14H2,2-3H3/t20-,22-,23+/m0/s1. The molecule has 1 aliphatic carbocycles. The van der Waals surface area contributed by atoms with Crippen molar-refractivity contribution in [3.05, 3.63) is 60.3 Å². The van der Waals surface area contributed by atoms with Crippen LogP contribution in [0.25, 0.3) is 17.3 Å². The van der Waals surface area contributed by atoms with E-state index in [4.69, 9.17) is 0 Å². The molecular weight excluding hydrogens is 339 g/mol. The van der Waals surface area contributed by atoms with E-state index in [2.05, 4.69) is 29.1 Å². The zero-order valence-electron chi connectivity index (χ0n) is 16.1. The number of fused-ring (bicyclic) bond motifs is 2. The molecule has 1 aromatic carbocycles. The fourth-order valence-electron chi connectivity index (χ4n) is 5.22. The molecule has 1 aromatic heterocycles. The van der Waals surface area contributed by atoms with Crippen LogP contribution in [-0.2, 0) is 6.54 Å². The van der Waals surface area contributed by atoms with Gasteiger partial charge in [-0.1, -0.05) is 18.6 Å². The van der Waals surface area contributed by atoms with E-state index in [0.717, 1.165) is 42.8 Å². The molecule has 0 spiro atoms. The van der Waals surface area contributed by atoms with E-state index in [1.807, 2.05) is 19.3 Å². The Morgan fingerprint density at radius 2 is 2.15 bits per heavy atom. The Balaban J connectivity index is 1.75. The molecule has 0 bridgehead atoms. The van der Waals surface area contributed by atoms with Crippen molar-refractivity contribution < 1.29 is 9.50 Å². The minimum atomic E-state index is -0.770. The normalized spacial score (nSPS) is 26.5. The molecule has 1 fully saturated rings. The predicted molar refractivity (Wildman–Crippen MR) is 106 cm³/mol. The van der Waals surface area contributed by atoms with Crippen molar-refractivity contribution in [2.24, 2.45) is 11.3 Å². The van der Waals surface area contributed by atoms with Crippen LogP contribution in [0, 0.1) is 17.2 Å². The van der Waals surface area contributed by atoms with Gasteiger partial charge in [-0.15, -0.1) is 6.58 Å². The molecule has 2 aliphatic rings. The largest absolute Gasteiger partial charge is 0.390 e. The summed E-state index contributed by atoms with van der Waals surface area (Å²) >= 11 is 0. The van der Waals surface area contributed by atoms with Crippen molar-refractivity contribution in [1.29, 1.82) is 0 Å². The third kappa shape index (κ3) is 2.96. The van der Waals surface area contributed by atoms with Gasteiger partial charge in [-0.05, 0) is 68.9 Å². The maximum absolute atomic E-state index is 13.3. The van der Waals surface area contributed by atoms with Crippen molar-refractivity contribution in [3.63, 3.8) is 0 Å². The van der Waals surface area contributed by atoms with Gasteiger partial charge in [0.1, 0.15) is 5.82 Å². The molecule has 4 heteroatoms. The molecule has 3 atom stereocenters. The second-order valence-corrected chi connectivity index (χ2v) is 8.50. The molecule has 1 aliphatic heterocycles. The Kier molecular flexibility index (Phi) is 4.34. The summed E-state index contributed by atoms with van der Waals surface area (Å²) in [6.07, 6.45) is 9.69. The topological polar surface area (TPSA) is 38.1 Å². The van der Waals surface area contributed by atoms with Gasteiger partial charge in [0.25, 0.3) is 0 Å². The highest BCUT2D eigenvalue weighted by Gasteiger charge is 2.49. The van der Waals surface area contributed by atoms with Crippen molar-refractivity contribution in [2.75, 3.05) is 0 Å². The number of benzene rings is 1. The lowest BCUT2D eigenvalue weighted by molar-refractivity contribution is -0.0635. The lowest BCUT2D eigenvalue weighted by Gasteiger charge is -2.51. The minimum absolute atomic E-state index is 0.0987. The average Bonchev–Trinajstić information content (AvgIpc) is 3.01. The van der Waals surface area contributed by atoms with Crippen LogP contribution in [0.1, 0.15) is 45.2 Å². The fourth-order valence-corrected chi connectivity index (χ4v) is 5.22. The summed E-state index contributed by atoms with van der Waals surface area (Å²) in [5.41, 5.74) is 3.42. The second-order valence-electron chi connectivity index (χ2n) is 8.50. The molecule has 0 saturated heterocycles. The lowest BCUT2D eigenvalue weighted by Crippen LogP contribution is -2.50. The summed E-state index contributed by atoms with van der Waals surface area (Å²) in [5, 5.41) is 11.1. The number of aromatic nitrogens is 2. The first kappa shape index (κ1) is 18.2. The SMILES string of the molecule is C=CC[C@@](C)(O)[C@H]1CCCC2=Cc3c(-c4ccc(F)cc4)ncn3C[C@@]21C. The summed E-state index contributed by atoms with van der Waals surface area (Å²) < 4.78 is 15.5. The highest BCUT2D eigenvalue weighted by Crippen LogP contribution is 2.54. The first-order valence-electron chi connectivity index (χ1n) is 9.70. The van der Waals surface area contributed by atoms with E-state index in [-0.39, 0.29) is 17.2 Å². The molecule has 2 heterocycles. The summed E-state index contributed by atoms with van der Waals surface area (Å²) in [7, 11) is 0. The number of hydrogen-bond donors (Lipinski definition) is 1. The molecule has 0 radical (unpaired) electrons. The summed E-state index contributed by atoms with van der Waals surface area (Å²) in [5.74, 6) is -0.0647. The number of halogens is 1. The van der Waals surface area contributed by atoms with Gasteiger partial charge >= 0.3 is 0 Å². The third-order valence-corrected chi connectivity index (χ3v) is 6.56. The van der Waals surface area contributed by atoms with E-state index >= 15 is 0 Å². The van der Waals surface area contributed by atoms with Gasteiger partial charge in [0.15, 0.2) is 0 Å². The first-order chi connectivity index (χ1) is 12.8. The van der Waals surface area contributed by atoms with Crippen molar-refractivity contribution in [2.45, 2.75) is 51.7 Å². The van der Waals surface area contributed by atoms with Crippen LogP contribution in [0.3, 0.4) is 0 Å². The number of hydrogen-bond acceptors (Lipinski definition) is 2. The lowest BCUT2D eigenvalue weighted by atomic mass is 9.57. The Bertz CT molecular complexity index is 894. The molecule has 2 aromatic rings. The summed E-state index contributed by atoms with van der Waals surface area (Å²) in [6.45, 7) is 8.86. The molecule has 27 heavy (non-hydrogen) atoms. The number of nitrogens with zero attached hydrogens (tertiary/aromatic N) is 2. The fraction of sp³-hybridized carbons (Fsp3) is 0.435. The van der Waals surface area contributed by atoms with Crippen molar-refractivity contribution in [1.82, 2.24) is 9.55 Å². The summed E-state index contributed by atoms with van der Waals surface area (Å²) in [6, 6.07) is 6.52. The predicted octanol–water partition coefficient (Wildman–Crippen LogP) is 5.22. The van der Waals surface area contributed by atoms with Gasteiger partial charge in [0.2, 0.25) is 0 Å². The maximum Gasteiger partial charge on any atom is 0.123 e. The zero-order valence-corrected chi connectivity index (χ0v) is 16.1. The quantitative estimate of drug-likeness (QED) is 0.754. The van der Waals surface area contributed by atoms with Crippen LogP contribution in [0.2, 0.25) is 0 Å². The summed E-state index contributed by atoms with van der Waals surface area (Å²) in [4.78, 5) is 4.63. The van der Waals surface area contributed by atoms with Crippen LogP contribution < -0.4 is 0 Å². The smallest absolute Gasteiger partial charge is 0.123 e. The second kappa shape index (κ2) is 6.45. The molecule has 0 amide bonds. The van der Waals surface area contributed by atoms with E-state index in [0.29, 0.717) is 6.42 Å². The molecule has 4 rings (SSSR count). The van der Waals surface area contributed by atoms with Crippen molar-refractivity contribution >= 4 is 6.08 Å². The molecule has 1 N–H and O–H groups in total. The molecule has 3 nitrogen and oxygen atoms in total.